The van der Waals surface area contributed by atoms with Gasteiger partial charge in [0.25, 0.3) is 5.91 Å². The number of nitrogens with zero attached hydrogens (tertiary/aromatic N) is 1. The molecule has 2 N–H and O–H groups in total. The number of carbonyl (C=O) groups is 1. The first-order valence-corrected chi connectivity index (χ1v) is 8.26. The predicted octanol–water partition coefficient (Wildman–Crippen LogP) is 5.42. The van der Waals surface area contributed by atoms with E-state index in [1.54, 1.807) is 0 Å². The van der Waals surface area contributed by atoms with Gasteiger partial charge in [-0.15, -0.1) is 0 Å². The molecule has 2 heterocycles. The largest absolute Gasteiger partial charge is 0.358 e. The van der Waals surface area contributed by atoms with Gasteiger partial charge in [0.15, 0.2) is 0 Å². The van der Waals surface area contributed by atoms with Gasteiger partial charge in [-0.1, -0.05) is 44.0 Å². The van der Waals surface area contributed by atoms with Crippen molar-refractivity contribution in [2.24, 2.45) is 0 Å². The Morgan fingerprint density at radius 3 is 2.38 bits per heavy atom. The lowest BCUT2D eigenvalue weighted by molar-refractivity contribution is 0.102. The second-order valence-corrected chi connectivity index (χ2v) is 7.46. The molecule has 3 rings (SSSR count). The van der Waals surface area contributed by atoms with Crippen molar-refractivity contribution in [1.29, 1.82) is 0 Å². The van der Waals surface area contributed by atoms with E-state index in [-0.39, 0.29) is 21.6 Å². The molecule has 0 radical (unpaired) electrons. The molecule has 2 aromatic heterocycles. The quantitative estimate of drug-likeness (QED) is 0.598. The zero-order valence-corrected chi connectivity index (χ0v) is 15.1. The lowest BCUT2D eigenvalue weighted by Gasteiger charge is -2.15. The Balaban J connectivity index is 1.88. The van der Waals surface area contributed by atoms with Crippen molar-refractivity contribution < 1.29 is 4.79 Å². The van der Waals surface area contributed by atoms with Crippen LogP contribution in [0.5, 0.6) is 0 Å². The SMILES string of the molecule is CC(C)(C)c1cc2cc(NC(=O)c3cc(Cl)nc(Cl)c3)ccc2[nH]1. The highest BCUT2D eigenvalue weighted by Gasteiger charge is 2.16. The van der Waals surface area contributed by atoms with Crippen molar-refractivity contribution in [2.45, 2.75) is 26.2 Å². The topological polar surface area (TPSA) is 57.8 Å². The van der Waals surface area contributed by atoms with E-state index < -0.39 is 0 Å². The smallest absolute Gasteiger partial charge is 0.255 e. The molecule has 24 heavy (non-hydrogen) atoms. The first kappa shape index (κ1) is 16.8. The van der Waals surface area contributed by atoms with Crippen LogP contribution in [0.1, 0.15) is 36.8 Å². The molecule has 0 fully saturated rings. The zero-order chi connectivity index (χ0) is 17.5. The van der Waals surface area contributed by atoms with Gasteiger partial charge < -0.3 is 10.3 Å². The fourth-order valence-corrected chi connectivity index (χ4v) is 2.87. The molecule has 4 nitrogen and oxygen atoms in total. The molecular weight excluding hydrogens is 345 g/mol. The molecule has 0 saturated heterocycles. The van der Waals surface area contributed by atoms with Gasteiger partial charge in [-0.2, -0.15) is 0 Å². The standard InChI is InChI=1S/C18H17Cl2N3O/c1-18(2,3)14-7-10-6-12(4-5-13(10)22-14)21-17(24)11-8-15(19)23-16(20)9-11/h4-9,22H,1-3H3,(H,21,24). The molecule has 0 aliphatic rings. The van der Waals surface area contributed by atoms with Crippen LogP contribution in [0.4, 0.5) is 5.69 Å². The van der Waals surface area contributed by atoms with Gasteiger partial charge in [-0.3, -0.25) is 4.79 Å². The number of halogens is 2. The first-order chi connectivity index (χ1) is 11.2. The van der Waals surface area contributed by atoms with Crippen molar-refractivity contribution in [3.05, 3.63) is 58.0 Å². The summed E-state index contributed by atoms with van der Waals surface area (Å²) in [6.07, 6.45) is 0. The number of hydrogen-bond donors (Lipinski definition) is 2. The molecule has 1 amide bonds. The Labute approximate surface area is 150 Å². The van der Waals surface area contributed by atoms with Gasteiger partial charge in [-0.05, 0) is 36.4 Å². The molecule has 0 saturated carbocycles. The van der Waals surface area contributed by atoms with Crippen LogP contribution in [0.2, 0.25) is 10.3 Å². The second kappa shape index (κ2) is 6.11. The van der Waals surface area contributed by atoms with Crippen LogP contribution in [0.3, 0.4) is 0 Å². The van der Waals surface area contributed by atoms with Crippen molar-refractivity contribution in [3.8, 4) is 0 Å². The number of fused-ring (bicyclic) bond motifs is 1. The van der Waals surface area contributed by atoms with Gasteiger partial charge in [0.1, 0.15) is 10.3 Å². The van der Waals surface area contributed by atoms with Crippen molar-refractivity contribution in [3.63, 3.8) is 0 Å². The Hall–Kier alpha value is -2.04. The lowest BCUT2D eigenvalue weighted by Crippen LogP contribution is -2.12. The Morgan fingerprint density at radius 1 is 1.08 bits per heavy atom. The average Bonchev–Trinajstić information content (AvgIpc) is 2.89. The number of amides is 1. The summed E-state index contributed by atoms with van der Waals surface area (Å²) in [5.74, 6) is -0.285. The van der Waals surface area contributed by atoms with Crippen LogP contribution >= 0.6 is 23.2 Å². The second-order valence-electron chi connectivity index (χ2n) is 6.69. The van der Waals surface area contributed by atoms with Crippen molar-refractivity contribution >= 4 is 45.7 Å². The highest BCUT2D eigenvalue weighted by Crippen LogP contribution is 2.27. The summed E-state index contributed by atoms with van der Waals surface area (Å²) in [5.41, 5.74) is 3.29. The molecule has 0 atom stereocenters. The third-order valence-electron chi connectivity index (χ3n) is 3.71. The maximum atomic E-state index is 12.4. The molecular formula is C18H17Cl2N3O. The molecule has 6 heteroatoms. The Bertz CT molecular complexity index is 905. The van der Waals surface area contributed by atoms with Gasteiger partial charge in [-0.25, -0.2) is 4.98 Å². The number of aromatic nitrogens is 2. The van der Waals surface area contributed by atoms with E-state index >= 15 is 0 Å². The van der Waals surface area contributed by atoms with E-state index in [9.17, 15) is 4.79 Å². The number of carbonyl (C=O) groups excluding carboxylic acids is 1. The molecule has 1 aromatic carbocycles. The van der Waals surface area contributed by atoms with E-state index in [4.69, 9.17) is 23.2 Å². The molecule has 124 valence electrons. The van der Waals surface area contributed by atoms with Crippen LogP contribution in [0.25, 0.3) is 10.9 Å². The Morgan fingerprint density at radius 2 is 1.75 bits per heavy atom. The summed E-state index contributed by atoms with van der Waals surface area (Å²) in [4.78, 5) is 19.6. The molecule has 0 spiro atoms. The number of hydrogen-bond acceptors (Lipinski definition) is 2. The fourth-order valence-electron chi connectivity index (χ4n) is 2.41. The predicted molar refractivity (Wildman–Crippen MR) is 99.2 cm³/mol. The number of nitrogens with one attached hydrogen (secondary N) is 2. The minimum atomic E-state index is -0.285. The number of pyridine rings is 1. The van der Waals surface area contributed by atoms with E-state index in [0.29, 0.717) is 11.3 Å². The van der Waals surface area contributed by atoms with Crippen LogP contribution in [0.15, 0.2) is 36.4 Å². The maximum Gasteiger partial charge on any atom is 0.255 e. The average molecular weight is 362 g/mol. The number of anilines is 1. The molecule has 0 aliphatic carbocycles. The molecule has 0 aliphatic heterocycles. The minimum Gasteiger partial charge on any atom is -0.358 e. The van der Waals surface area contributed by atoms with Crippen LogP contribution in [-0.2, 0) is 5.41 Å². The van der Waals surface area contributed by atoms with E-state index in [1.165, 1.54) is 12.1 Å². The summed E-state index contributed by atoms with van der Waals surface area (Å²) in [6, 6.07) is 10.8. The van der Waals surface area contributed by atoms with Crippen molar-refractivity contribution in [2.75, 3.05) is 5.32 Å². The van der Waals surface area contributed by atoms with Crippen molar-refractivity contribution in [1.82, 2.24) is 9.97 Å². The first-order valence-electron chi connectivity index (χ1n) is 7.50. The Kier molecular flexibility index (Phi) is 4.28. The minimum absolute atomic E-state index is 0.0347. The molecule has 3 aromatic rings. The normalized spacial score (nSPS) is 11.7. The maximum absolute atomic E-state index is 12.4. The highest BCUT2D eigenvalue weighted by atomic mass is 35.5. The summed E-state index contributed by atoms with van der Waals surface area (Å²) in [5, 5.41) is 4.27. The highest BCUT2D eigenvalue weighted by molar-refractivity contribution is 6.33. The van der Waals surface area contributed by atoms with Crippen LogP contribution in [0, 0.1) is 0 Å². The summed E-state index contributed by atoms with van der Waals surface area (Å²) in [6.45, 7) is 6.45. The summed E-state index contributed by atoms with van der Waals surface area (Å²) in [7, 11) is 0. The van der Waals surface area contributed by atoms with E-state index in [0.717, 1.165) is 16.6 Å². The molecule has 0 unspecified atom stereocenters. The fraction of sp³-hybridized carbons (Fsp3) is 0.222. The van der Waals surface area contributed by atoms with E-state index in [1.807, 2.05) is 18.2 Å². The lowest BCUT2D eigenvalue weighted by atomic mass is 9.92. The summed E-state index contributed by atoms with van der Waals surface area (Å²) < 4.78 is 0. The number of H-pyrrole nitrogens is 1. The number of aromatic amines is 1. The van der Waals surface area contributed by atoms with E-state index in [2.05, 4.69) is 42.1 Å². The zero-order valence-electron chi connectivity index (χ0n) is 13.6. The number of rotatable bonds is 2. The van der Waals surface area contributed by atoms with Gasteiger partial charge in [0.2, 0.25) is 0 Å². The van der Waals surface area contributed by atoms with Gasteiger partial charge >= 0.3 is 0 Å². The number of benzene rings is 1. The third-order valence-corrected chi connectivity index (χ3v) is 4.10. The van der Waals surface area contributed by atoms with Gasteiger partial charge in [0, 0.05) is 33.3 Å². The monoisotopic (exact) mass is 361 g/mol. The van der Waals surface area contributed by atoms with Crippen LogP contribution < -0.4 is 5.32 Å². The third kappa shape index (κ3) is 3.55. The summed E-state index contributed by atoms with van der Waals surface area (Å²) >= 11 is 11.7. The molecule has 0 bridgehead atoms. The van der Waals surface area contributed by atoms with Gasteiger partial charge in [0.05, 0.1) is 0 Å². The van der Waals surface area contributed by atoms with Crippen LogP contribution in [-0.4, -0.2) is 15.9 Å².